The standard InChI is InChI=1S/C16H23N3O/c1-3-11(2)15(17)16(20)18-9-8-12-10-19-14-7-5-4-6-13(12)14/h4-7,10-11,15,19H,3,8-9,17H2,1-2H3,(H,18,20)/t11-,15-/m0/s1. The van der Waals surface area contributed by atoms with E-state index < -0.39 is 6.04 Å². The van der Waals surface area contributed by atoms with Gasteiger partial charge < -0.3 is 16.0 Å². The molecule has 4 nitrogen and oxygen atoms in total. The molecule has 4 N–H and O–H groups in total. The Kier molecular flexibility index (Phi) is 4.79. The lowest BCUT2D eigenvalue weighted by Crippen LogP contribution is -2.45. The number of nitrogens with two attached hydrogens (primary N) is 1. The minimum absolute atomic E-state index is 0.0563. The van der Waals surface area contributed by atoms with Crippen LogP contribution in [-0.4, -0.2) is 23.5 Å². The van der Waals surface area contributed by atoms with Gasteiger partial charge in [0, 0.05) is 23.6 Å². The van der Waals surface area contributed by atoms with Crippen LogP contribution in [-0.2, 0) is 11.2 Å². The van der Waals surface area contributed by atoms with Crippen LogP contribution in [0.4, 0.5) is 0 Å². The number of aromatic amines is 1. The summed E-state index contributed by atoms with van der Waals surface area (Å²) in [7, 11) is 0. The molecule has 2 atom stereocenters. The van der Waals surface area contributed by atoms with E-state index in [0.29, 0.717) is 6.54 Å². The lowest BCUT2D eigenvalue weighted by molar-refractivity contribution is -0.123. The number of fused-ring (bicyclic) bond motifs is 1. The van der Waals surface area contributed by atoms with Crippen LogP contribution in [0.15, 0.2) is 30.5 Å². The molecule has 0 aliphatic heterocycles. The van der Waals surface area contributed by atoms with E-state index in [4.69, 9.17) is 5.73 Å². The molecule has 2 rings (SSSR count). The van der Waals surface area contributed by atoms with Crippen molar-refractivity contribution in [3.8, 4) is 0 Å². The van der Waals surface area contributed by atoms with Gasteiger partial charge in [0.15, 0.2) is 0 Å². The molecule has 1 aromatic carbocycles. The number of para-hydroxylation sites is 1. The number of aromatic nitrogens is 1. The summed E-state index contributed by atoms with van der Waals surface area (Å²) in [6, 6.07) is 7.76. The van der Waals surface area contributed by atoms with Gasteiger partial charge in [-0.1, -0.05) is 38.5 Å². The van der Waals surface area contributed by atoms with Crippen molar-refractivity contribution in [1.82, 2.24) is 10.3 Å². The lowest BCUT2D eigenvalue weighted by atomic mass is 9.99. The molecule has 0 aliphatic rings. The maximum Gasteiger partial charge on any atom is 0.237 e. The zero-order valence-corrected chi connectivity index (χ0v) is 12.1. The topological polar surface area (TPSA) is 70.9 Å². The van der Waals surface area contributed by atoms with Gasteiger partial charge in [0.25, 0.3) is 0 Å². The Bertz CT molecular complexity index is 576. The predicted octanol–water partition coefficient (Wildman–Crippen LogP) is 2.20. The van der Waals surface area contributed by atoms with Gasteiger partial charge in [-0.05, 0) is 24.0 Å². The molecule has 0 fully saturated rings. The first kappa shape index (κ1) is 14.6. The van der Waals surface area contributed by atoms with Gasteiger partial charge in [0.2, 0.25) is 5.91 Å². The summed E-state index contributed by atoms with van der Waals surface area (Å²) >= 11 is 0. The molecule has 0 aliphatic carbocycles. The van der Waals surface area contributed by atoms with E-state index in [0.717, 1.165) is 18.4 Å². The molecule has 0 radical (unpaired) electrons. The van der Waals surface area contributed by atoms with Crippen molar-refractivity contribution in [2.75, 3.05) is 6.54 Å². The molecule has 108 valence electrons. The Balaban J connectivity index is 1.88. The number of hydrogen-bond acceptors (Lipinski definition) is 2. The van der Waals surface area contributed by atoms with Gasteiger partial charge in [-0.15, -0.1) is 0 Å². The van der Waals surface area contributed by atoms with E-state index in [2.05, 4.69) is 22.4 Å². The van der Waals surface area contributed by atoms with Crippen LogP contribution in [0.1, 0.15) is 25.8 Å². The van der Waals surface area contributed by atoms with Gasteiger partial charge in [0.05, 0.1) is 6.04 Å². The largest absolute Gasteiger partial charge is 0.361 e. The highest BCUT2D eigenvalue weighted by Crippen LogP contribution is 2.17. The summed E-state index contributed by atoms with van der Waals surface area (Å²) in [5.41, 5.74) is 8.25. The molecule has 0 saturated carbocycles. The van der Waals surface area contributed by atoms with Crippen molar-refractivity contribution in [3.05, 3.63) is 36.0 Å². The first-order valence-corrected chi connectivity index (χ1v) is 7.21. The molecule has 4 heteroatoms. The van der Waals surface area contributed by atoms with Crippen LogP contribution in [0.25, 0.3) is 10.9 Å². The van der Waals surface area contributed by atoms with Crippen LogP contribution in [0.2, 0.25) is 0 Å². The fraction of sp³-hybridized carbons (Fsp3) is 0.438. The van der Waals surface area contributed by atoms with Crippen LogP contribution >= 0.6 is 0 Å². The van der Waals surface area contributed by atoms with Crippen molar-refractivity contribution in [3.63, 3.8) is 0 Å². The fourth-order valence-corrected chi connectivity index (χ4v) is 2.29. The number of rotatable bonds is 6. The van der Waals surface area contributed by atoms with Gasteiger partial charge in [-0.25, -0.2) is 0 Å². The Labute approximate surface area is 119 Å². The molecule has 0 unspecified atom stereocenters. The molecule has 0 bridgehead atoms. The highest BCUT2D eigenvalue weighted by molar-refractivity contribution is 5.83. The number of nitrogens with one attached hydrogen (secondary N) is 2. The zero-order chi connectivity index (χ0) is 14.5. The van der Waals surface area contributed by atoms with Crippen molar-refractivity contribution < 1.29 is 4.79 Å². The van der Waals surface area contributed by atoms with Gasteiger partial charge in [0.1, 0.15) is 0 Å². The Morgan fingerprint density at radius 3 is 2.90 bits per heavy atom. The molecule has 0 saturated heterocycles. The van der Waals surface area contributed by atoms with Crippen molar-refractivity contribution in [2.24, 2.45) is 11.7 Å². The molecule has 1 heterocycles. The maximum atomic E-state index is 11.9. The van der Waals surface area contributed by atoms with Crippen molar-refractivity contribution >= 4 is 16.8 Å². The Morgan fingerprint density at radius 1 is 1.40 bits per heavy atom. The summed E-state index contributed by atoms with van der Waals surface area (Å²) in [4.78, 5) is 15.1. The average molecular weight is 273 g/mol. The smallest absolute Gasteiger partial charge is 0.237 e. The number of H-pyrrole nitrogens is 1. The van der Waals surface area contributed by atoms with Crippen molar-refractivity contribution in [2.45, 2.75) is 32.7 Å². The molecule has 1 amide bonds. The minimum atomic E-state index is -0.414. The van der Waals surface area contributed by atoms with Crippen LogP contribution in [0.3, 0.4) is 0 Å². The summed E-state index contributed by atoms with van der Waals surface area (Å²) in [6.45, 7) is 4.67. The molecule has 1 aromatic heterocycles. The summed E-state index contributed by atoms with van der Waals surface area (Å²) in [6.07, 6.45) is 3.73. The zero-order valence-electron chi connectivity index (χ0n) is 12.1. The molecule has 2 aromatic rings. The molecular formula is C16H23N3O. The number of benzene rings is 1. The Hall–Kier alpha value is -1.81. The highest BCUT2D eigenvalue weighted by Gasteiger charge is 2.18. The number of carbonyl (C=O) groups is 1. The first-order valence-electron chi connectivity index (χ1n) is 7.21. The van der Waals surface area contributed by atoms with E-state index >= 15 is 0 Å². The second kappa shape index (κ2) is 6.57. The van der Waals surface area contributed by atoms with Crippen LogP contribution in [0.5, 0.6) is 0 Å². The van der Waals surface area contributed by atoms with Gasteiger partial charge in [-0.3, -0.25) is 4.79 Å². The van der Waals surface area contributed by atoms with Crippen LogP contribution in [0, 0.1) is 5.92 Å². The van der Waals surface area contributed by atoms with E-state index in [9.17, 15) is 4.79 Å². The predicted molar refractivity (Wildman–Crippen MR) is 82.4 cm³/mol. The van der Waals surface area contributed by atoms with E-state index in [-0.39, 0.29) is 11.8 Å². The maximum absolute atomic E-state index is 11.9. The second-order valence-electron chi connectivity index (χ2n) is 5.31. The summed E-state index contributed by atoms with van der Waals surface area (Å²) in [5, 5.41) is 4.14. The molecule has 20 heavy (non-hydrogen) atoms. The molecular weight excluding hydrogens is 250 g/mol. The normalized spacial score (nSPS) is 14.2. The second-order valence-corrected chi connectivity index (χ2v) is 5.31. The van der Waals surface area contributed by atoms with Gasteiger partial charge in [-0.2, -0.15) is 0 Å². The molecule has 0 spiro atoms. The summed E-state index contributed by atoms with van der Waals surface area (Å²) < 4.78 is 0. The quantitative estimate of drug-likeness (QED) is 0.755. The third kappa shape index (κ3) is 3.20. The fourth-order valence-electron chi connectivity index (χ4n) is 2.29. The minimum Gasteiger partial charge on any atom is -0.361 e. The SMILES string of the molecule is CC[C@H](C)[C@H](N)C(=O)NCCc1c[nH]c2ccccc12. The van der Waals surface area contributed by atoms with E-state index in [1.54, 1.807) is 0 Å². The number of amides is 1. The number of carbonyl (C=O) groups excluding carboxylic acids is 1. The van der Waals surface area contributed by atoms with E-state index in [1.165, 1.54) is 10.9 Å². The van der Waals surface area contributed by atoms with Gasteiger partial charge >= 0.3 is 0 Å². The Morgan fingerprint density at radius 2 is 2.15 bits per heavy atom. The van der Waals surface area contributed by atoms with Crippen LogP contribution < -0.4 is 11.1 Å². The van der Waals surface area contributed by atoms with E-state index in [1.807, 2.05) is 32.2 Å². The summed E-state index contributed by atoms with van der Waals surface area (Å²) in [5.74, 6) is 0.155. The lowest BCUT2D eigenvalue weighted by Gasteiger charge is -2.17. The number of hydrogen-bond donors (Lipinski definition) is 3. The average Bonchev–Trinajstić information content (AvgIpc) is 2.89. The third-order valence-electron chi connectivity index (χ3n) is 3.93. The first-order chi connectivity index (χ1) is 9.63. The van der Waals surface area contributed by atoms with Crippen molar-refractivity contribution in [1.29, 1.82) is 0 Å². The monoisotopic (exact) mass is 273 g/mol. The third-order valence-corrected chi connectivity index (χ3v) is 3.93. The highest BCUT2D eigenvalue weighted by atomic mass is 16.2.